The van der Waals surface area contributed by atoms with E-state index in [0.29, 0.717) is 50.7 Å². The first-order chi connectivity index (χ1) is 15.2. The van der Waals surface area contributed by atoms with Crippen LogP contribution in [0.1, 0.15) is 50.7 Å². The van der Waals surface area contributed by atoms with E-state index in [-0.39, 0.29) is 17.7 Å². The molecule has 2 fully saturated rings. The van der Waals surface area contributed by atoms with Crippen molar-refractivity contribution in [3.8, 4) is 0 Å². The molecule has 2 amide bonds. The Bertz CT molecular complexity index is 873. The lowest BCUT2D eigenvalue weighted by atomic mass is 9.73. The molecule has 0 aromatic heterocycles. The zero-order chi connectivity index (χ0) is 23.1. The number of para-hydroxylation sites is 1. The lowest BCUT2D eigenvalue weighted by Gasteiger charge is -2.45. The molecule has 0 bridgehead atoms. The first kappa shape index (κ1) is 22.9. The van der Waals surface area contributed by atoms with Crippen LogP contribution < -0.4 is 4.90 Å². The number of piperidine rings is 2. The predicted molar refractivity (Wildman–Crippen MR) is 114 cm³/mol. The summed E-state index contributed by atoms with van der Waals surface area (Å²) < 4.78 is 46.2. The Morgan fingerprint density at radius 3 is 2.34 bits per heavy atom. The van der Waals surface area contributed by atoms with Gasteiger partial charge in [0.05, 0.1) is 17.9 Å². The minimum Gasteiger partial charge on any atom is -0.450 e. The van der Waals surface area contributed by atoms with Crippen molar-refractivity contribution in [1.82, 2.24) is 9.80 Å². The molecule has 0 radical (unpaired) electrons. The number of rotatable bonds is 2. The lowest BCUT2D eigenvalue weighted by molar-refractivity contribution is -0.137. The van der Waals surface area contributed by atoms with Crippen molar-refractivity contribution in [3.05, 3.63) is 29.3 Å². The van der Waals surface area contributed by atoms with Crippen LogP contribution in [-0.2, 0) is 21.1 Å². The van der Waals surface area contributed by atoms with Crippen LogP contribution in [0.2, 0.25) is 0 Å². The highest BCUT2D eigenvalue weighted by atomic mass is 19.4. The Hall–Kier alpha value is -2.29. The van der Waals surface area contributed by atoms with Gasteiger partial charge in [0.25, 0.3) is 0 Å². The summed E-state index contributed by atoms with van der Waals surface area (Å²) in [6.07, 6.45) is -1.62. The second kappa shape index (κ2) is 8.57. The zero-order valence-corrected chi connectivity index (χ0v) is 18.6. The summed E-state index contributed by atoms with van der Waals surface area (Å²) >= 11 is 0. The molecule has 1 aromatic rings. The van der Waals surface area contributed by atoms with E-state index in [2.05, 4.69) is 4.90 Å². The number of nitrogens with zero attached hydrogens (tertiary/aromatic N) is 3. The number of hydrogen-bond acceptors (Lipinski definition) is 4. The minimum absolute atomic E-state index is 0.0451. The van der Waals surface area contributed by atoms with Gasteiger partial charge in [0, 0.05) is 38.0 Å². The van der Waals surface area contributed by atoms with Crippen LogP contribution in [0.25, 0.3) is 0 Å². The molecule has 0 N–H and O–H groups in total. The van der Waals surface area contributed by atoms with Crippen LogP contribution in [0.15, 0.2) is 18.2 Å². The molecule has 32 heavy (non-hydrogen) atoms. The van der Waals surface area contributed by atoms with Crippen molar-refractivity contribution in [2.24, 2.45) is 0 Å². The predicted octanol–water partition coefficient (Wildman–Crippen LogP) is 4.03. The van der Waals surface area contributed by atoms with Crippen molar-refractivity contribution in [2.45, 2.75) is 57.2 Å². The quantitative estimate of drug-likeness (QED) is 0.679. The van der Waals surface area contributed by atoms with Gasteiger partial charge in [0.15, 0.2) is 0 Å². The van der Waals surface area contributed by atoms with Crippen molar-refractivity contribution < 1.29 is 27.5 Å². The van der Waals surface area contributed by atoms with Crippen LogP contribution in [-0.4, -0.2) is 67.2 Å². The molecule has 0 atom stereocenters. The number of halogens is 3. The molecular weight excluding hydrogens is 423 g/mol. The average molecular weight is 454 g/mol. The van der Waals surface area contributed by atoms with Crippen LogP contribution in [0.3, 0.4) is 0 Å². The summed E-state index contributed by atoms with van der Waals surface area (Å²) in [6, 6.07) is 4.65. The summed E-state index contributed by atoms with van der Waals surface area (Å²) in [5.74, 6) is -0.353. The fraction of sp³-hybridized carbons (Fsp3) is 0.652. The molecular formula is C23H30F3N3O3. The van der Waals surface area contributed by atoms with E-state index in [4.69, 9.17) is 4.74 Å². The summed E-state index contributed by atoms with van der Waals surface area (Å²) in [4.78, 5) is 29.7. The number of ether oxygens (including phenoxy) is 1. The maximum Gasteiger partial charge on any atom is 0.418 e. The molecule has 6 nitrogen and oxygen atoms in total. The molecule has 0 unspecified atom stereocenters. The Labute approximate surface area is 186 Å². The zero-order valence-electron chi connectivity index (χ0n) is 18.6. The van der Waals surface area contributed by atoms with E-state index in [1.54, 1.807) is 17.9 Å². The Morgan fingerprint density at radius 1 is 1.12 bits per heavy atom. The third kappa shape index (κ3) is 4.07. The largest absolute Gasteiger partial charge is 0.450 e. The number of alkyl halides is 3. The van der Waals surface area contributed by atoms with Gasteiger partial charge in [-0.05, 0) is 57.3 Å². The van der Waals surface area contributed by atoms with Crippen LogP contribution in [0.4, 0.5) is 23.7 Å². The monoisotopic (exact) mass is 453 g/mol. The molecule has 3 heterocycles. The number of likely N-dealkylation sites (tertiary alicyclic amines) is 2. The van der Waals surface area contributed by atoms with Crippen molar-refractivity contribution in [3.63, 3.8) is 0 Å². The van der Waals surface area contributed by atoms with E-state index in [1.165, 1.54) is 17.9 Å². The van der Waals surface area contributed by atoms with Gasteiger partial charge in [-0.25, -0.2) is 4.79 Å². The van der Waals surface area contributed by atoms with Crippen LogP contribution >= 0.6 is 0 Å². The number of fused-ring (bicyclic) bond motifs is 2. The topological polar surface area (TPSA) is 53.1 Å². The summed E-state index contributed by atoms with van der Waals surface area (Å²) in [6.45, 7) is 6.64. The van der Waals surface area contributed by atoms with E-state index in [1.807, 2.05) is 0 Å². The fourth-order valence-electron chi connectivity index (χ4n) is 5.60. The Balaban J connectivity index is 1.48. The number of hydrogen-bond donors (Lipinski definition) is 0. The Kier molecular flexibility index (Phi) is 6.13. The number of anilines is 1. The van der Waals surface area contributed by atoms with Gasteiger partial charge in [-0.1, -0.05) is 12.1 Å². The van der Waals surface area contributed by atoms with Crippen molar-refractivity contribution in [1.29, 1.82) is 0 Å². The molecule has 3 aliphatic heterocycles. The number of benzene rings is 1. The fourth-order valence-corrected chi connectivity index (χ4v) is 5.60. The maximum absolute atomic E-state index is 13.7. The third-order valence-electron chi connectivity index (χ3n) is 7.29. The van der Waals surface area contributed by atoms with Gasteiger partial charge in [0.1, 0.15) is 0 Å². The van der Waals surface area contributed by atoms with Gasteiger partial charge in [-0.15, -0.1) is 0 Å². The highest BCUT2D eigenvalue weighted by Crippen LogP contribution is 2.51. The molecule has 2 saturated heterocycles. The number of carbonyl (C=O) groups is 2. The maximum atomic E-state index is 13.7. The van der Waals surface area contributed by atoms with E-state index < -0.39 is 17.2 Å². The van der Waals surface area contributed by atoms with Gasteiger partial charge in [-0.2, -0.15) is 13.2 Å². The molecule has 4 rings (SSSR count). The lowest BCUT2D eigenvalue weighted by Crippen LogP contribution is -2.52. The highest BCUT2D eigenvalue weighted by Gasteiger charge is 2.50. The van der Waals surface area contributed by atoms with Crippen molar-refractivity contribution in [2.75, 3.05) is 44.2 Å². The van der Waals surface area contributed by atoms with Crippen molar-refractivity contribution >= 4 is 17.7 Å². The first-order valence-corrected chi connectivity index (χ1v) is 11.3. The molecule has 0 aliphatic carbocycles. The molecule has 176 valence electrons. The molecule has 9 heteroatoms. The van der Waals surface area contributed by atoms with E-state index in [9.17, 15) is 22.8 Å². The summed E-state index contributed by atoms with van der Waals surface area (Å²) in [5, 5.41) is 0. The average Bonchev–Trinajstić information content (AvgIpc) is 3.08. The normalized spacial score (nSPS) is 21.7. The standard InChI is InChI=1S/C23H30F3N3O3/c1-3-32-21(31)28-11-7-17(8-12-28)27-13-9-22(10-14-27)15-29(16(2)30)20-18(22)5-4-6-19(20)23(24,25)26/h4-6,17H,3,7-15H2,1-2H3. The number of amides is 2. The Morgan fingerprint density at radius 2 is 1.78 bits per heavy atom. The second-order valence-corrected chi connectivity index (χ2v) is 9.04. The molecule has 3 aliphatic rings. The third-order valence-corrected chi connectivity index (χ3v) is 7.29. The molecule has 1 spiro atoms. The molecule has 1 aromatic carbocycles. The number of carbonyl (C=O) groups excluding carboxylic acids is 2. The van der Waals surface area contributed by atoms with Gasteiger partial charge in [0.2, 0.25) is 5.91 Å². The van der Waals surface area contributed by atoms with Gasteiger partial charge >= 0.3 is 12.3 Å². The van der Waals surface area contributed by atoms with E-state index in [0.717, 1.165) is 32.0 Å². The SMILES string of the molecule is CCOC(=O)N1CCC(N2CCC3(CC2)CN(C(C)=O)c2c(C(F)(F)F)cccc23)CC1. The first-order valence-electron chi connectivity index (χ1n) is 11.3. The van der Waals surface area contributed by atoms with Gasteiger partial charge in [-0.3, -0.25) is 4.79 Å². The van der Waals surface area contributed by atoms with Gasteiger partial charge < -0.3 is 19.4 Å². The summed E-state index contributed by atoms with van der Waals surface area (Å²) in [7, 11) is 0. The summed E-state index contributed by atoms with van der Waals surface area (Å²) in [5.41, 5.74) is -0.469. The van der Waals surface area contributed by atoms with E-state index >= 15 is 0 Å². The highest BCUT2D eigenvalue weighted by molar-refractivity contribution is 5.96. The van der Waals surface area contributed by atoms with Crippen LogP contribution in [0.5, 0.6) is 0 Å². The molecule has 0 saturated carbocycles. The minimum atomic E-state index is -4.50. The second-order valence-electron chi connectivity index (χ2n) is 9.04. The van der Waals surface area contributed by atoms with Crippen LogP contribution in [0, 0.1) is 0 Å². The smallest absolute Gasteiger partial charge is 0.418 e.